The third-order valence-corrected chi connectivity index (χ3v) is 3.31. The highest BCUT2D eigenvalue weighted by molar-refractivity contribution is 5.81. The molecule has 2 atom stereocenters. The lowest BCUT2D eigenvalue weighted by Crippen LogP contribution is -2.58. The monoisotopic (exact) mass is 241 g/mol. The predicted molar refractivity (Wildman–Crippen MR) is 66.8 cm³/mol. The molecule has 4 nitrogen and oxygen atoms in total. The van der Waals surface area contributed by atoms with Gasteiger partial charge in [0.2, 0.25) is 0 Å². The van der Waals surface area contributed by atoms with Crippen LogP contribution in [0.4, 0.5) is 0 Å². The van der Waals surface area contributed by atoms with Gasteiger partial charge in [-0.2, -0.15) is 0 Å². The molecular weight excluding hydrogens is 218 g/mol. The number of hydrogen-bond donors (Lipinski definition) is 1. The highest BCUT2D eigenvalue weighted by Gasteiger charge is 2.44. The van der Waals surface area contributed by atoms with Crippen LogP contribution in [-0.4, -0.2) is 37.9 Å². The van der Waals surface area contributed by atoms with Gasteiger partial charge in [-0.1, -0.05) is 19.9 Å². The highest BCUT2D eigenvalue weighted by atomic mass is 16.5. The van der Waals surface area contributed by atoms with Crippen molar-refractivity contribution in [2.24, 2.45) is 5.92 Å². The first-order valence-corrected chi connectivity index (χ1v) is 6.11. The lowest BCUT2D eigenvalue weighted by atomic mass is 9.83. The SMILES string of the molecule is C=CCNC1(C(=O)OC)CCOC(C(C)C)C1. The second-order valence-electron chi connectivity index (χ2n) is 4.85. The lowest BCUT2D eigenvalue weighted by Gasteiger charge is -2.40. The average Bonchev–Trinajstić information content (AvgIpc) is 2.35. The van der Waals surface area contributed by atoms with Crippen LogP contribution in [0.5, 0.6) is 0 Å². The van der Waals surface area contributed by atoms with Gasteiger partial charge in [0.25, 0.3) is 0 Å². The van der Waals surface area contributed by atoms with Crippen molar-refractivity contribution in [1.82, 2.24) is 5.32 Å². The molecule has 0 aromatic rings. The smallest absolute Gasteiger partial charge is 0.326 e. The average molecular weight is 241 g/mol. The number of hydrogen-bond acceptors (Lipinski definition) is 4. The van der Waals surface area contributed by atoms with E-state index in [4.69, 9.17) is 9.47 Å². The number of nitrogens with one attached hydrogen (secondary N) is 1. The Balaban J connectivity index is 2.81. The zero-order valence-electron chi connectivity index (χ0n) is 11.0. The van der Waals surface area contributed by atoms with Crippen LogP contribution in [0.15, 0.2) is 12.7 Å². The Hall–Kier alpha value is -0.870. The predicted octanol–water partition coefficient (Wildman–Crippen LogP) is 1.51. The summed E-state index contributed by atoms with van der Waals surface area (Å²) < 4.78 is 10.6. The Morgan fingerprint density at radius 1 is 1.71 bits per heavy atom. The van der Waals surface area contributed by atoms with Crippen molar-refractivity contribution in [3.05, 3.63) is 12.7 Å². The quantitative estimate of drug-likeness (QED) is 0.585. The van der Waals surface area contributed by atoms with Gasteiger partial charge in [-0.15, -0.1) is 6.58 Å². The third kappa shape index (κ3) is 3.30. The normalized spacial score (nSPS) is 29.1. The molecule has 0 amide bonds. The van der Waals surface area contributed by atoms with Gasteiger partial charge in [0.1, 0.15) is 5.54 Å². The fourth-order valence-electron chi connectivity index (χ4n) is 2.20. The van der Waals surface area contributed by atoms with Crippen molar-refractivity contribution in [3.63, 3.8) is 0 Å². The number of carbonyl (C=O) groups excluding carboxylic acids is 1. The summed E-state index contributed by atoms with van der Waals surface area (Å²) in [6, 6.07) is 0. The van der Waals surface area contributed by atoms with Gasteiger partial charge in [-0.05, 0) is 12.3 Å². The van der Waals surface area contributed by atoms with Crippen LogP contribution in [0.25, 0.3) is 0 Å². The molecule has 0 aromatic carbocycles. The van der Waals surface area contributed by atoms with Gasteiger partial charge in [0.05, 0.1) is 13.2 Å². The van der Waals surface area contributed by atoms with Gasteiger partial charge < -0.3 is 9.47 Å². The first-order valence-electron chi connectivity index (χ1n) is 6.11. The summed E-state index contributed by atoms with van der Waals surface area (Å²) in [5.74, 6) is 0.193. The summed E-state index contributed by atoms with van der Waals surface area (Å²) >= 11 is 0. The molecule has 17 heavy (non-hydrogen) atoms. The van der Waals surface area contributed by atoms with E-state index in [0.29, 0.717) is 31.9 Å². The minimum Gasteiger partial charge on any atom is -0.468 e. The molecule has 0 aromatic heterocycles. The van der Waals surface area contributed by atoms with E-state index in [0.717, 1.165) is 0 Å². The molecule has 0 bridgehead atoms. The van der Waals surface area contributed by atoms with Crippen LogP contribution in [0, 0.1) is 5.92 Å². The number of carbonyl (C=O) groups is 1. The maximum atomic E-state index is 12.0. The molecule has 2 unspecified atom stereocenters. The van der Waals surface area contributed by atoms with E-state index in [1.807, 2.05) is 0 Å². The van der Waals surface area contributed by atoms with Gasteiger partial charge in [-0.3, -0.25) is 10.1 Å². The molecule has 98 valence electrons. The molecule has 0 radical (unpaired) electrons. The summed E-state index contributed by atoms with van der Waals surface area (Å²) in [5, 5.41) is 3.25. The second-order valence-corrected chi connectivity index (χ2v) is 4.85. The van der Waals surface area contributed by atoms with Crippen LogP contribution < -0.4 is 5.32 Å². The van der Waals surface area contributed by atoms with Crippen LogP contribution in [0.1, 0.15) is 26.7 Å². The fourth-order valence-corrected chi connectivity index (χ4v) is 2.20. The van der Waals surface area contributed by atoms with Gasteiger partial charge in [-0.25, -0.2) is 0 Å². The number of ether oxygens (including phenoxy) is 2. The maximum absolute atomic E-state index is 12.0. The summed E-state index contributed by atoms with van der Waals surface area (Å²) in [6.07, 6.45) is 3.16. The van der Waals surface area contributed by atoms with Crippen LogP contribution in [-0.2, 0) is 14.3 Å². The van der Waals surface area contributed by atoms with E-state index in [1.54, 1.807) is 6.08 Å². The molecule has 1 N–H and O–H groups in total. The largest absolute Gasteiger partial charge is 0.468 e. The van der Waals surface area contributed by atoms with Crippen molar-refractivity contribution in [2.45, 2.75) is 38.3 Å². The lowest BCUT2D eigenvalue weighted by molar-refractivity contribution is -0.157. The molecule has 1 fully saturated rings. The van der Waals surface area contributed by atoms with Crippen LogP contribution in [0.3, 0.4) is 0 Å². The summed E-state index contributed by atoms with van der Waals surface area (Å²) in [6.45, 7) is 9.06. The Labute approximate surface area is 103 Å². The Kier molecular flexibility index (Phi) is 5.15. The molecule has 0 spiro atoms. The summed E-state index contributed by atoms with van der Waals surface area (Å²) in [4.78, 5) is 12.0. The third-order valence-electron chi connectivity index (χ3n) is 3.31. The molecule has 1 saturated heterocycles. The molecular formula is C13H23NO3. The van der Waals surface area contributed by atoms with Gasteiger partial charge >= 0.3 is 5.97 Å². The summed E-state index contributed by atoms with van der Waals surface area (Å²) in [5.41, 5.74) is -0.615. The molecule has 4 heteroatoms. The summed E-state index contributed by atoms with van der Waals surface area (Å²) in [7, 11) is 1.43. The number of esters is 1. The van der Waals surface area contributed by atoms with Crippen molar-refractivity contribution >= 4 is 5.97 Å². The van der Waals surface area contributed by atoms with E-state index in [2.05, 4.69) is 25.7 Å². The van der Waals surface area contributed by atoms with E-state index in [9.17, 15) is 4.79 Å². The molecule has 1 rings (SSSR count). The van der Waals surface area contributed by atoms with E-state index >= 15 is 0 Å². The Morgan fingerprint density at radius 3 is 2.94 bits per heavy atom. The topological polar surface area (TPSA) is 47.6 Å². The van der Waals surface area contributed by atoms with Gasteiger partial charge in [0.15, 0.2) is 0 Å². The van der Waals surface area contributed by atoms with Crippen molar-refractivity contribution in [3.8, 4) is 0 Å². The number of methoxy groups -OCH3 is 1. The molecule has 1 aliphatic heterocycles. The fraction of sp³-hybridized carbons (Fsp3) is 0.769. The second kappa shape index (κ2) is 6.17. The van der Waals surface area contributed by atoms with Crippen molar-refractivity contribution in [1.29, 1.82) is 0 Å². The highest BCUT2D eigenvalue weighted by Crippen LogP contribution is 2.29. The van der Waals surface area contributed by atoms with Gasteiger partial charge in [0, 0.05) is 19.6 Å². The first kappa shape index (κ1) is 14.2. The molecule has 0 saturated carbocycles. The maximum Gasteiger partial charge on any atom is 0.326 e. The van der Waals surface area contributed by atoms with E-state index in [1.165, 1.54) is 7.11 Å². The number of rotatable bonds is 5. The molecule has 1 aliphatic rings. The minimum absolute atomic E-state index is 0.0974. The Morgan fingerprint density at radius 2 is 2.41 bits per heavy atom. The Bertz CT molecular complexity index is 278. The van der Waals surface area contributed by atoms with Crippen LogP contribution >= 0.6 is 0 Å². The molecule has 0 aliphatic carbocycles. The van der Waals surface area contributed by atoms with E-state index in [-0.39, 0.29) is 12.1 Å². The standard InChI is InChI=1S/C13H23NO3/c1-5-7-14-13(12(15)16-4)6-8-17-11(9-13)10(2)3/h5,10-11,14H,1,6-9H2,2-4H3. The zero-order valence-corrected chi connectivity index (χ0v) is 11.0. The van der Waals surface area contributed by atoms with Crippen molar-refractivity contribution in [2.75, 3.05) is 20.3 Å². The van der Waals surface area contributed by atoms with E-state index < -0.39 is 5.54 Å². The zero-order chi connectivity index (χ0) is 12.9. The molecule has 1 heterocycles. The minimum atomic E-state index is -0.615. The van der Waals surface area contributed by atoms with Crippen LogP contribution in [0.2, 0.25) is 0 Å². The first-order chi connectivity index (χ1) is 8.05. The van der Waals surface area contributed by atoms with Crippen molar-refractivity contribution < 1.29 is 14.3 Å².